The van der Waals surface area contributed by atoms with E-state index in [0.717, 1.165) is 17.2 Å². The van der Waals surface area contributed by atoms with E-state index in [9.17, 15) is 4.79 Å². The van der Waals surface area contributed by atoms with Gasteiger partial charge in [0.15, 0.2) is 5.60 Å². The Bertz CT molecular complexity index is 1020. The van der Waals surface area contributed by atoms with Crippen molar-refractivity contribution in [3.8, 4) is 11.6 Å². The van der Waals surface area contributed by atoms with Gasteiger partial charge in [-0.25, -0.2) is 15.0 Å². The Hall–Kier alpha value is -3.13. The second-order valence-corrected chi connectivity index (χ2v) is 7.73. The fourth-order valence-electron chi connectivity index (χ4n) is 2.73. The number of anilines is 1. The van der Waals surface area contributed by atoms with Crippen molar-refractivity contribution in [2.75, 3.05) is 18.4 Å². The molecule has 0 aliphatic rings. The van der Waals surface area contributed by atoms with Gasteiger partial charge in [-0.2, -0.15) is 0 Å². The molecule has 0 aliphatic heterocycles. The van der Waals surface area contributed by atoms with Crippen LogP contribution in [-0.4, -0.2) is 44.1 Å². The molecule has 2 heterocycles. The second-order valence-electron chi connectivity index (χ2n) is 7.30. The molecule has 0 unspecified atom stereocenters. The summed E-state index contributed by atoms with van der Waals surface area (Å²) in [6, 6.07) is 8.74. The molecular formula is C21H25ClN6O2. The summed E-state index contributed by atoms with van der Waals surface area (Å²) in [6.45, 7) is 8.29. The Balaban J connectivity index is 1.50. The molecule has 2 aromatic heterocycles. The summed E-state index contributed by atoms with van der Waals surface area (Å²) in [5.41, 5.74) is 0.955. The number of carbonyl (C=O) groups is 1. The normalized spacial score (nSPS) is 11.2. The van der Waals surface area contributed by atoms with Crippen LogP contribution in [0.5, 0.6) is 5.75 Å². The van der Waals surface area contributed by atoms with Crippen LogP contribution in [0.15, 0.2) is 43.0 Å². The molecular weight excluding hydrogens is 404 g/mol. The van der Waals surface area contributed by atoms with E-state index in [1.165, 1.54) is 6.33 Å². The summed E-state index contributed by atoms with van der Waals surface area (Å²) in [7, 11) is 0. The Morgan fingerprint density at radius 3 is 2.53 bits per heavy atom. The minimum atomic E-state index is -1.02. The average molecular weight is 429 g/mol. The lowest BCUT2D eigenvalue weighted by Crippen LogP contribution is -2.47. The van der Waals surface area contributed by atoms with E-state index in [2.05, 4.69) is 25.6 Å². The SMILES string of the molecule is Cc1ncn(-c2cc(NCCNC(=O)C(C)(C)Oc3ccc(Cl)cc3)ncn2)c1C. The van der Waals surface area contributed by atoms with Gasteiger partial charge < -0.3 is 15.4 Å². The molecule has 8 nitrogen and oxygen atoms in total. The molecule has 0 bridgehead atoms. The van der Waals surface area contributed by atoms with Crippen molar-refractivity contribution in [2.24, 2.45) is 0 Å². The number of benzene rings is 1. The first-order valence-corrected chi connectivity index (χ1v) is 9.94. The molecule has 1 aromatic carbocycles. The van der Waals surface area contributed by atoms with E-state index in [-0.39, 0.29) is 5.91 Å². The topological polar surface area (TPSA) is 94.0 Å². The molecule has 0 saturated carbocycles. The summed E-state index contributed by atoms with van der Waals surface area (Å²) in [4.78, 5) is 25.3. The number of nitrogens with zero attached hydrogens (tertiary/aromatic N) is 4. The molecule has 0 fully saturated rings. The van der Waals surface area contributed by atoms with Gasteiger partial charge in [-0.05, 0) is 52.0 Å². The van der Waals surface area contributed by atoms with E-state index in [1.807, 2.05) is 24.5 Å². The molecule has 0 saturated heterocycles. The zero-order valence-corrected chi connectivity index (χ0v) is 18.2. The number of aromatic nitrogens is 4. The smallest absolute Gasteiger partial charge is 0.263 e. The van der Waals surface area contributed by atoms with E-state index in [1.54, 1.807) is 44.4 Å². The molecule has 3 aromatic rings. The number of amides is 1. The average Bonchev–Trinajstić information content (AvgIpc) is 3.05. The third-order valence-corrected chi connectivity index (χ3v) is 4.85. The second kappa shape index (κ2) is 9.13. The molecule has 3 rings (SSSR count). The molecule has 0 radical (unpaired) electrons. The van der Waals surface area contributed by atoms with Gasteiger partial charge in [-0.1, -0.05) is 11.6 Å². The van der Waals surface area contributed by atoms with Gasteiger partial charge in [-0.15, -0.1) is 0 Å². The fraction of sp³-hybridized carbons (Fsp3) is 0.333. The number of imidazole rings is 1. The van der Waals surface area contributed by atoms with Crippen LogP contribution in [0.2, 0.25) is 5.02 Å². The van der Waals surface area contributed by atoms with Gasteiger partial charge in [-0.3, -0.25) is 9.36 Å². The van der Waals surface area contributed by atoms with E-state index in [4.69, 9.17) is 16.3 Å². The molecule has 158 valence electrons. The van der Waals surface area contributed by atoms with Crippen molar-refractivity contribution in [1.29, 1.82) is 0 Å². The lowest BCUT2D eigenvalue weighted by Gasteiger charge is -2.25. The van der Waals surface area contributed by atoms with Crippen LogP contribution in [0.25, 0.3) is 5.82 Å². The third kappa shape index (κ3) is 5.27. The van der Waals surface area contributed by atoms with Crippen molar-refractivity contribution < 1.29 is 9.53 Å². The Kier molecular flexibility index (Phi) is 6.56. The van der Waals surface area contributed by atoms with E-state index < -0.39 is 5.60 Å². The Morgan fingerprint density at radius 1 is 1.13 bits per heavy atom. The number of halogens is 1. The minimum absolute atomic E-state index is 0.216. The van der Waals surface area contributed by atoms with Gasteiger partial charge in [0.1, 0.15) is 30.0 Å². The summed E-state index contributed by atoms with van der Waals surface area (Å²) in [6.07, 6.45) is 3.23. The van der Waals surface area contributed by atoms with Crippen molar-refractivity contribution in [2.45, 2.75) is 33.3 Å². The number of rotatable bonds is 8. The number of ether oxygens (including phenoxy) is 1. The standard InChI is InChI=1S/C21H25ClN6O2/c1-14-15(2)28(13-27-14)19-11-18(25-12-26-19)23-9-10-24-20(29)21(3,4)30-17-7-5-16(22)6-8-17/h5-8,11-13H,9-10H2,1-4H3,(H,24,29)(H,23,25,26). The molecule has 0 spiro atoms. The largest absolute Gasteiger partial charge is 0.478 e. The van der Waals surface area contributed by atoms with Crippen LogP contribution in [0.4, 0.5) is 5.82 Å². The molecule has 30 heavy (non-hydrogen) atoms. The van der Waals surface area contributed by atoms with Crippen LogP contribution in [0.1, 0.15) is 25.2 Å². The molecule has 9 heteroatoms. The zero-order chi connectivity index (χ0) is 21.7. The van der Waals surface area contributed by atoms with Crippen molar-refractivity contribution in [3.05, 3.63) is 59.4 Å². The van der Waals surface area contributed by atoms with Gasteiger partial charge in [0.05, 0.1) is 5.69 Å². The first kappa shape index (κ1) is 21.6. The summed E-state index contributed by atoms with van der Waals surface area (Å²) in [5, 5.41) is 6.67. The van der Waals surface area contributed by atoms with Gasteiger partial charge in [0, 0.05) is 29.9 Å². The maximum absolute atomic E-state index is 12.5. The predicted molar refractivity (Wildman–Crippen MR) is 116 cm³/mol. The van der Waals surface area contributed by atoms with Crippen LogP contribution in [0, 0.1) is 13.8 Å². The highest BCUT2D eigenvalue weighted by molar-refractivity contribution is 6.30. The van der Waals surface area contributed by atoms with Crippen LogP contribution in [0.3, 0.4) is 0 Å². The Labute approximate surface area is 180 Å². The molecule has 1 amide bonds. The van der Waals surface area contributed by atoms with Gasteiger partial charge >= 0.3 is 0 Å². The van der Waals surface area contributed by atoms with Crippen LogP contribution < -0.4 is 15.4 Å². The van der Waals surface area contributed by atoms with E-state index in [0.29, 0.717) is 29.7 Å². The highest BCUT2D eigenvalue weighted by Crippen LogP contribution is 2.21. The summed E-state index contributed by atoms with van der Waals surface area (Å²) < 4.78 is 7.69. The first-order chi connectivity index (χ1) is 14.3. The van der Waals surface area contributed by atoms with Crippen molar-refractivity contribution in [3.63, 3.8) is 0 Å². The van der Waals surface area contributed by atoms with Crippen molar-refractivity contribution in [1.82, 2.24) is 24.8 Å². The fourth-order valence-corrected chi connectivity index (χ4v) is 2.85. The van der Waals surface area contributed by atoms with Gasteiger partial charge in [0.2, 0.25) is 0 Å². The minimum Gasteiger partial charge on any atom is -0.478 e. The summed E-state index contributed by atoms with van der Waals surface area (Å²) >= 11 is 5.88. The number of hydrogen-bond donors (Lipinski definition) is 2. The number of nitrogens with one attached hydrogen (secondary N) is 2. The number of aryl methyl sites for hydroxylation is 1. The maximum Gasteiger partial charge on any atom is 0.263 e. The maximum atomic E-state index is 12.5. The Morgan fingerprint density at radius 2 is 1.87 bits per heavy atom. The van der Waals surface area contributed by atoms with Gasteiger partial charge in [0.25, 0.3) is 5.91 Å². The highest BCUT2D eigenvalue weighted by atomic mass is 35.5. The lowest BCUT2D eigenvalue weighted by atomic mass is 10.1. The predicted octanol–water partition coefficient (Wildman–Crippen LogP) is 3.32. The quantitative estimate of drug-likeness (QED) is 0.534. The first-order valence-electron chi connectivity index (χ1n) is 9.56. The zero-order valence-electron chi connectivity index (χ0n) is 17.4. The number of carbonyl (C=O) groups excluding carboxylic acids is 1. The van der Waals surface area contributed by atoms with Crippen molar-refractivity contribution >= 4 is 23.3 Å². The molecule has 0 aliphatic carbocycles. The monoisotopic (exact) mass is 428 g/mol. The third-order valence-electron chi connectivity index (χ3n) is 4.60. The van der Waals surface area contributed by atoms with E-state index >= 15 is 0 Å². The highest BCUT2D eigenvalue weighted by Gasteiger charge is 2.29. The lowest BCUT2D eigenvalue weighted by molar-refractivity contribution is -0.134. The molecule has 2 N–H and O–H groups in total. The van der Waals surface area contributed by atoms with Crippen LogP contribution in [-0.2, 0) is 4.79 Å². The van der Waals surface area contributed by atoms with Crippen LogP contribution >= 0.6 is 11.6 Å². The number of hydrogen-bond acceptors (Lipinski definition) is 6. The molecule has 0 atom stereocenters. The summed E-state index contributed by atoms with van der Waals surface area (Å²) in [5.74, 6) is 1.76.